The van der Waals surface area contributed by atoms with Gasteiger partial charge in [-0.05, 0) is 86.2 Å². The van der Waals surface area contributed by atoms with E-state index in [0.717, 1.165) is 11.4 Å². The molecular formula is C24H17Cl2N3O4S. The molecule has 0 bridgehead atoms. The van der Waals surface area contributed by atoms with Gasteiger partial charge in [-0.15, -0.1) is 0 Å². The highest BCUT2D eigenvalue weighted by Gasteiger charge is 2.34. The first kappa shape index (κ1) is 23.7. The number of carboxylic acid groups (broad SMARTS) is 1. The first-order valence-corrected chi connectivity index (χ1v) is 11.1. The van der Waals surface area contributed by atoms with E-state index >= 15 is 0 Å². The molecule has 0 atom stereocenters. The number of aryl methyl sites for hydroxylation is 1. The van der Waals surface area contributed by atoms with Crippen LogP contribution in [0, 0.1) is 13.8 Å². The molecule has 1 fully saturated rings. The maximum Gasteiger partial charge on any atom is 0.337 e. The number of nitrogens with zero attached hydrogens (tertiary/aromatic N) is 2. The van der Waals surface area contributed by atoms with Gasteiger partial charge >= 0.3 is 5.97 Å². The second-order valence-corrected chi connectivity index (χ2v) is 8.80. The highest BCUT2D eigenvalue weighted by atomic mass is 35.5. The fraction of sp³-hybridized carbons (Fsp3) is 0.0833. The molecule has 2 amide bonds. The van der Waals surface area contributed by atoms with Gasteiger partial charge in [-0.2, -0.15) is 0 Å². The summed E-state index contributed by atoms with van der Waals surface area (Å²) < 4.78 is 1.86. The molecule has 0 spiro atoms. The molecule has 0 radical (unpaired) electrons. The predicted molar refractivity (Wildman–Crippen MR) is 135 cm³/mol. The number of halogens is 2. The van der Waals surface area contributed by atoms with Gasteiger partial charge in [0.25, 0.3) is 11.8 Å². The summed E-state index contributed by atoms with van der Waals surface area (Å²) in [5.41, 5.74) is 3.22. The normalized spacial score (nSPS) is 15.1. The van der Waals surface area contributed by atoms with E-state index in [9.17, 15) is 19.5 Å². The minimum atomic E-state index is -1.12. The van der Waals surface area contributed by atoms with E-state index in [1.54, 1.807) is 36.4 Å². The summed E-state index contributed by atoms with van der Waals surface area (Å²) in [5.74, 6) is -2.28. The number of aromatic carboxylic acids is 1. The van der Waals surface area contributed by atoms with Crippen LogP contribution in [0.25, 0.3) is 11.8 Å². The monoisotopic (exact) mass is 513 g/mol. The van der Waals surface area contributed by atoms with Gasteiger partial charge < -0.3 is 9.67 Å². The maximum absolute atomic E-state index is 13.3. The number of rotatable bonds is 4. The van der Waals surface area contributed by atoms with Crippen molar-refractivity contribution in [3.05, 3.63) is 86.7 Å². The Hall–Kier alpha value is -3.46. The first-order valence-electron chi connectivity index (χ1n) is 9.97. The van der Waals surface area contributed by atoms with Crippen LogP contribution in [0.2, 0.25) is 10.0 Å². The number of carboxylic acids is 1. The molecule has 0 unspecified atom stereocenters. The van der Waals surface area contributed by atoms with E-state index in [-0.39, 0.29) is 21.3 Å². The highest BCUT2D eigenvalue weighted by Crippen LogP contribution is 2.28. The van der Waals surface area contributed by atoms with E-state index < -0.39 is 17.8 Å². The summed E-state index contributed by atoms with van der Waals surface area (Å²) in [6, 6.07) is 13.0. The van der Waals surface area contributed by atoms with Crippen molar-refractivity contribution in [2.45, 2.75) is 13.8 Å². The minimum Gasteiger partial charge on any atom is -0.478 e. The van der Waals surface area contributed by atoms with Crippen LogP contribution in [0.5, 0.6) is 0 Å². The van der Waals surface area contributed by atoms with Gasteiger partial charge in [-0.3, -0.25) is 19.8 Å². The van der Waals surface area contributed by atoms with Crippen LogP contribution in [-0.2, 0) is 9.59 Å². The molecule has 10 heteroatoms. The van der Waals surface area contributed by atoms with E-state index in [1.807, 2.05) is 24.5 Å². The summed E-state index contributed by atoms with van der Waals surface area (Å²) >= 11 is 17.3. The number of nitrogens with one attached hydrogen (secondary N) is 1. The summed E-state index contributed by atoms with van der Waals surface area (Å²) in [7, 11) is 0. The van der Waals surface area contributed by atoms with Crippen molar-refractivity contribution in [3.63, 3.8) is 0 Å². The summed E-state index contributed by atoms with van der Waals surface area (Å²) in [5, 5.41) is 12.4. The Morgan fingerprint density at radius 2 is 1.68 bits per heavy atom. The lowest BCUT2D eigenvalue weighted by Gasteiger charge is -2.28. The maximum atomic E-state index is 13.3. The van der Waals surface area contributed by atoms with E-state index in [0.29, 0.717) is 22.0 Å². The number of amides is 2. The van der Waals surface area contributed by atoms with Crippen LogP contribution in [0.3, 0.4) is 0 Å². The van der Waals surface area contributed by atoms with Gasteiger partial charge in [0.05, 0.1) is 16.3 Å². The lowest BCUT2D eigenvalue weighted by Crippen LogP contribution is -2.54. The summed E-state index contributed by atoms with van der Waals surface area (Å²) in [6.45, 7) is 3.68. The molecule has 2 heterocycles. The number of carbonyl (C=O) groups is 3. The molecule has 4 rings (SSSR count). The zero-order valence-corrected chi connectivity index (χ0v) is 20.3. The molecule has 1 aliphatic rings. The van der Waals surface area contributed by atoms with Crippen LogP contribution in [0.15, 0.2) is 54.1 Å². The molecule has 2 N–H and O–H groups in total. The molecule has 172 valence electrons. The first-order chi connectivity index (χ1) is 16.1. The number of hydrogen-bond donors (Lipinski definition) is 2. The van der Waals surface area contributed by atoms with E-state index in [2.05, 4.69) is 5.32 Å². The van der Waals surface area contributed by atoms with Gasteiger partial charge in [0.2, 0.25) is 0 Å². The van der Waals surface area contributed by atoms with Crippen molar-refractivity contribution in [1.82, 2.24) is 9.88 Å². The van der Waals surface area contributed by atoms with Crippen LogP contribution in [-0.4, -0.2) is 32.6 Å². The third kappa shape index (κ3) is 4.23. The number of aromatic nitrogens is 1. The fourth-order valence-electron chi connectivity index (χ4n) is 3.79. The Bertz CT molecular complexity index is 1410. The van der Waals surface area contributed by atoms with Crippen molar-refractivity contribution in [2.75, 3.05) is 4.90 Å². The quantitative estimate of drug-likeness (QED) is 0.293. The Morgan fingerprint density at radius 3 is 2.29 bits per heavy atom. The number of carbonyl (C=O) groups excluding carboxylic acids is 2. The van der Waals surface area contributed by atoms with Gasteiger partial charge in [-0.25, -0.2) is 4.79 Å². The average Bonchev–Trinajstić information content (AvgIpc) is 3.04. The second kappa shape index (κ2) is 9.06. The number of anilines is 1. The second-order valence-electron chi connectivity index (χ2n) is 7.57. The Kier molecular flexibility index (Phi) is 6.31. The molecule has 0 saturated carbocycles. The van der Waals surface area contributed by atoms with Crippen molar-refractivity contribution < 1.29 is 19.5 Å². The van der Waals surface area contributed by atoms with Crippen molar-refractivity contribution >= 4 is 70.1 Å². The zero-order valence-electron chi connectivity index (χ0n) is 17.9. The van der Waals surface area contributed by atoms with E-state index in [1.165, 1.54) is 17.0 Å². The molecule has 2 aromatic carbocycles. The molecule has 1 aliphatic heterocycles. The van der Waals surface area contributed by atoms with Gasteiger partial charge in [0, 0.05) is 22.1 Å². The highest BCUT2D eigenvalue weighted by molar-refractivity contribution is 7.80. The zero-order chi connectivity index (χ0) is 24.7. The third-order valence-electron chi connectivity index (χ3n) is 5.40. The number of thiocarbonyl (C=S) groups is 1. The molecule has 3 aromatic rings. The summed E-state index contributed by atoms with van der Waals surface area (Å²) in [6.07, 6.45) is 1.51. The number of hydrogen-bond acceptors (Lipinski definition) is 4. The van der Waals surface area contributed by atoms with Gasteiger partial charge in [-0.1, -0.05) is 23.2 Å². The SMILES string of the molecule is Cc1cc(/C=C2\C(=O)NC(=S)N(c3ccc(Cl)cc3)C2=O)c(C)n1-c1ccc(C(=O)O)c(Cl)c1. The Labute approximate surface area is 210 Å². The lowest BCUT2D eigenvalue weighted by molar-refractivity contribution is -0.122. The lowest BCUT2D eigenvalue weighted by atomic mass is 10.1. The van der Waals surface area contributed by atoms with Crippen LogP contribution in [0.1, 0.15) is 27.3 Å². The molecule has 1 aromatic heterocycles. The van der Waals surface area contributed by atoms with Crippen LogP contribution < -0.4 is 10.2 Å². The molecule has 0 aliphatic carbocycles. The minimum absolute atomic E-state index is 0.00189. The standard InChI is InChI=1S/C24H17Cl2N3O4S/c1-12-9-14(13(2)28(12)17-7-8-18(23(32)33)20(26)11-17)10-19-21(30)27-24(34)29(22(19)31)16-5-3-15(25)4-6-16/h3-11H,1-2H3,(H,32,33)(H,27,30,34)/b19-10+. The molecule has 1 saturated heterocycles. The molecule has 7 nitrogen and oxygen atoms in total. The predicted octanol–water partition coefficient (Wildman–Crippen LogP) is 4.93. The van der Waals surface area contributed by atoms with Crippen molar-refractivity contribution in [2.24, 2.45) is 0 Å². The van der Waals surface area contributed by atoms with Crippen LogP contribution >= 0.6 is 35.4 Å². The van der Waals surface area contributed by atoms with E-state index in [4.69, 9.17) is 35.4 Å². The largest absolute Gasteiger partial charge is 0.478 e. The Morgan fingerprint density at radius 1 is 1.03 bits per heavy atom. The summed E-state index contributed by atoms with van der Waals surface area (Å²) in [4.78, 5) is 38.4. The van der Waals surface area contributed by atoms with Gasteiger partial charge in [0.1, 0.15) is 5.57 Å². The third-order valence-corrected chi connectivity index (χ3v) is 6.25. The topological polar surface area (TPSA) is 91.6 Å². The molecule has 34 heavy (non-hydrogen) atoms. The fourth-order valence-corrected chi connectivity index (χ4v) is 4.45. The number of benzene rings is 2. The Balaban J connectivity index is 1.75. The smallest absolute Gasteiger partial charge is 0.337 e. The van der Waals surface area contributed by atoms with Gasteiger partial charge in [0.15, 0.2) is 5.11 Å². The van der Waals surface area contributed by atoms with Crippen molar-refractivity contribution in [3.8, 4) is 5.69 Å². The van der Waals surface area contributed by atoms with Crippen LogP contribution in [0.4, 0.5) is 5.69 Å². The average molecular weight is 514 g/mol. The van der Waals surface area contributed by atoms with Crippen molar-refractivity contribution in [1.29, 1.82) is 0 Å². The molecular weight excluding hydrogens is 497 g/mol.